The van der Waals surface area contributed by atoms with Gasteiger partial charge in [-0.2, -0.15) is 0 Å². The molecule has 0 aromatic heterocycles. The first-order valence-electron chi connectivity index (χ1n) is 8.89. The van der Waals surface area contributed by atoms with E-state index in [1.807, 2.05) is 48.5 Å². The van der Waals surface area contributed by atoms with Gasteiger partial charge in [-0.1, -0.05) is 54.6 Å². The molecule has 0 bridgehead atoms. The molecule has 0 spiro atoms. The Kier molecular flexibility index (Phi) is 4.34. The van der Waals surface area contributed by atoms with E-state index in [2.05, 4.69) is 29.6 Å². The van der Waals surface area contributed by atoms with E-state index in [0.29, 0.717) is 0 Å². The number of anilines is 1. The van der Waals surface area contributed by atoms with Crippen LogP contribution in [0.4, 0.5) is 5.69 Å². The Labute approximate surface area is 148 Å². The molecular formula is C23H21NO. The monoisotopic (exact) mass is 327 g/mol. The summed E-state index contributed by atoms with van der Waals surface area (Å²) < 4.78 is 0. The molecule has 2 heteroatoms. The Morgan fingerprint density at radius 3 is 2.32 bits per heavy atom. The molecule has 3 aromatic rings. The van der Waals surface area contributed by atoms with Gasteiger partial charge in [-0.05, 0) is 60.6 Å². The lowest BCUT2D eigenvalue weighted by molar-refractivity contribution is 0.102. The predicted molar refractivity (Wildman–Crippen MR) is 103 cm³/mol. The van der Waals surface area contributed by atoms with Crippen molar-refractivity contribution in [1.82, 2.24) is 0 Å². The molecule has 25 heavy (non-hydrogen) atoms. The summed E-state index contributed by atoms with van der Waals surface area (Å²) in [5, 5.41) is 3.09. The first kappa shape index (κ1) is 15.6. The van der Waals surface area contributed by atoms with E-state index in [9.17, 15) is 4.79 Å². The second kappa shape index (κ2) is 6.94. The third-order valence-corrected chi connectivity index (χ3v) is 4.87. The molecule has 3 aromatic carbocycles. The molecule has 1 amide bonds. The van der Waals surface area contributed by atoms with Crippen molar-refractivity contribution >= 4 is 11.6 Å². The molecule has 0 unspecified atom stereocenters. The fraction of sp³-hybridized carbons (Fsp3) is 0.174. The highest BCUT2D eigenvalue weighted by Gasteiger charge is 2.14. The van der Waals surface area contributed by atoms with E-state index < -0.39 is 0 Å². The summed E-state index contributed by atoms with van der Waals surface area (Å²) in [7, 11) is 0. The fourth-order valence-electron chi connectivity index (χ4n) is 3.53. The molecule has 0 atom stereocenters. The average molecular weight is 327 g/mol. The van der Waals surface area contributed by atoms with E-state index in [4.69, 9.17) is 0 Å². The maximum Gasteiger partial charge on any atom is 0.255 e. The third kappa shape index (κ3) is 3.34. The molecule has 1 aliphatic carbocycles. The minimum Gasteiger partial charge on any atom is -0.321 e. The van der Waals surface area contributed by atoms with Crippen molar-refractivity contribution in [3.05, 3.63) is 89.5 Å². The van der Waals surface area contributed by atoms with Crippen LogP contribution in [0.5, 0.6) is 0 Å². The van der Waals surface area contributed by atoms with Crippen LogP contribution >= 0.6 is 0 Å². The Morgan fingerprint density at radius 2 is 1.48 bits per heavy atom. The van der Waals surface area contributed by atoms with Gasteiger partial charge >= 0.3 is 0 Å². The smallest absolute Gasteiger partial charge is 0.255 e. The van der Waals surface area contributed by atoms with Gasteiger partial charge in [0.1, 0.15) is 0 Å². The second-order valence-electron chi connectivity index (χ2n) is 6.56. The molecule has 1 aliphatic rings. The summed E-state index contributed by atoms with van der Waals surface area (Å²) in [6.07, 6.45) is 4.68. The zero-order chi connectivity index (χ0) is 17.1. The van der Waals surface area contributed by atoms with Gasteiger partial charge in [0, 0.05) is 16.8 Å². The van der Waals surface area contributed by atoms with Gasteiger partial charge < -0.3 is 5.32 Å². The first-order chi connectivity index (χ1) is 12.3. The molecule has 0 fully saturated rings. The average Bonchev–Trinajstić information content (AvgIpc) is 2.68. The fourth-order valence-corrected chi connectivity index (χ4v) is 3.53. The Hall–Kier alpha value is -2.87. The van der Waals surface area contributed by atoms with Crippen LogP contribution < -0.4 is 5.32 Å². The minimum atomic E-state index is -0.0447. The number of aryl methyl sites for hydroxylation is 2. The van der Waals surface area contributed by atoms with Gasteiger partial charge in [-0.3, -0.25) is 4.79 Å². The Bertz CT molecular complexity index is 899. The predicted octanol–water partition coefficient (Wildman–Crippen LogP) is 5.48. The van der Waals surface area contributed by atoms with E-state index >= 15 is 0 Å². The SMILES string of the molecule is O=C(Nc1ccccc1-c1ccccc1)c1ccc2c(c1)CCCC2. The lowest BCUT2D eigenvalue weighted by Crippen LogP contribution is -2.14. The number of carbonyl (C=O) groups is 1. The zero-order valence-corrected chi connectivity index (χ0v) is 14.2. The first-order valence-corrected chi connectivity index (χ1v) is 8.89. The number of hydrogen-bond donors (Lipinski definition) is 1. The Morgan fingerprint density at radius 1 is 0.760 bits per heavy atom. The largest absolute Gasteiger partial charge is 0.321 e. The van der Waals surface area contributed by atoms with Crippen molar-refractivity contribution in [2.45, 2.75) is 25.7 Å². The summed E-state index contributed by atoms with van der Waals surface area (Å²) >= 11 is 0. The minimum absolute atomic E-state index is 0.0447. The van der Waals surface area contributed by atoms with Crippen LogP contribution in [0.3, 0.4) is 0 Å². The van der Waals surface area contributed by atoms with E-state index in [0.717, 1.165) is 35.2 Å². The van der Waals surface area contributed by atoms with Gasteiger partial charge in [-0.25, -0.2) is 0 Å². The van der Waals surface area contributed by atoms with Gasteiger partial charge in [-0.15, -0.1) is 0 Å². The van der Waals surface area contributed by atoms with Crippen LogP contribution in [0.1, 0.15) is 34.3 Å². The summed E-state index contributed by atoms with van der Waals surface area (Å²) in [5.41, 5.74) is 6.45. The normalized spacial score (nSPS) is 13.1. The molecule has 124 valence electrons. The van der Waals surface area contributed by atoms with Crippen molar-refractivity contribution in [2.24, 2.45) is 0 Å². The van der Waals surface area contributed by atoms with Gasteiger partial charge in [0.15, 0.2) is 0 Å². The van der Waals surface area contributed by atoms with Crippen molar-refractivity contribution in [2.75, 3.05) is 5.32 Å². The number of nitrogens with one attached hydrogen (secondary N) is 1. The van der Waals surface area contributed by atoms with Crippen LogP contribution in [0.25, 0.3) is 11.1 Å². The summed E-state index contributed by atoms with van der Waals surface area (Å²) in [6.45, 7) is 0. The van der Waals surface area contributed by atoms with Gasteiger partial charge in [0.05, 0.1) is 0 Å². The highest BCUT2D eigenvalue weighted by Crippen LogP contribution is 2.28. The number of para-hydroxylation sites is 1. The van der Waals surface area contributed by atoms with Crippen molar-refractivity contribution in [3.63, 3.8) is 0 Å². The van der Waals surface area contributed by atoms with Crippen LogP contribution in [-0.4, -0.2) is 5.91 Å². The number of hydrogen-bond acceptors (Lipinski definition) is 1. The topological polar surface area (TPSA) is 29.1 Å². The molecule has 0 saturated heterocycles. The van der Waals surface area contributed by atoms with Gasteiger partial charge in [0.2, 0.25) is 0 Å². The number of carbonyl (C=O) groups excluding carboxylic acids is 1. The van der Waals surface area contributed by atoms with Crippen molar-refractivity contribution < 1.29 is 4.79 Å². The number of amides is 1. The number of benzene rings is 3. The highest BCUT2D eigenvalue weighted by molar-refractivity contribution is 6.06. The third-order valence-electron chi connectivity index (χ3n) is 4.87. The molecule has 2 nitrogen and oxygen atoms in total. The van der Waals surface area contributed by atoms with Crippen LogP contribution in [0.15, 0.2) is 72.8 Å². The molecule has 0 aliphatic heterocycles. The molecule has 1 N–H and O–H groups in total. The van der Waals surface area contributed by atoms with Crippen molar-refractivity contribution in [3.8, 4) is 11.1 Å². The lowest BCUT2D eigenvalue weighted by Gasteiger charge is -2.17. The Balaban J connectivity index is 1.62. The number of rotatable bonds is 3. The van der Waals surface area contributed by atoms with Crippen LogP contribution in [0, 0.1) is 0 Å². The van der Waals surface area contributed by atoms with Gasteiger partial charge in [0.25, 0.3) is 5.91 Å². The maximum atomic E-state index is 12.8. The molecule has 0 saturated carbocycles. The van der Waals surface area contributed by atoms with E-state index in [-0.39, 0.29) is 5.91 Å². The number of fused-ring (bicyclic) bond motifs is 1. The van der Waals surface area contributed by atoms with E-state index in [1.54, 1.807) is 0 Å². The molecule has 4 rings (SSSR count). The van der Waals surface area contributed by atoms with Crippen molar-refractivity contribution in [1.29, 1.82) is 0 Å². The standard InChI is InChI=1S/C23H21NO/c25-23(20-15-14-17-8-4-5-11-19(17)16-20)24-22-13-7-6-12-21(22)18-9-2-1-3-10-18/h1-3,6-7,9-10,12-16H,4-5,8,11H2,(H,24,25). The lowest BCUT2D eigenvalue weighted by atomic mass is 9.90. The summed E-state index contributed by atoms with van der Waals surface area (Å²) in [6, 6.07) is 24.2. The summed E-state index contributed by atoms with van der Waals surface area (Å²) in [5.74, 6) is -0.0447. The second-order valence-corrected chi connectivity index (χ2v) is 6.56. The maximum absolute atomic E-state index is 12.8. The molecule has 0 radical (unpaired) electrons. The zero-order valence-electron chi connectivity index (χ0n) is 14.2. The van der Waals surface area contributed by atoms with E-state index in [1.165, 1.54) is 24.0 Å². The highest BCUT2D eigenvalue weighted by atomic mass is 16.1. The van der Waals surface area contributed by atoms with Crippen LogP contribution in [-0.2, 0) is 12.8 Å². The molecule has 0 heterocycles. The molecular weight excluding hydrogens is 306 g/mol. The summed E-state index contributed by atoms with van der Waals surface area (Å²) in [4.78, 5) is 12.8. The quantitative estimate of drug-likeness (QED) is 0.677. The van der Waals surface area contributed by atoms with Crippen LogP contribution in [0.2, 0.25) is 0 Å².